The number of nitrogens with one attached hydrogen (secondary N) is 1. The maximum absolute atomic E-state index is 12.1. The summed E-state index contributed by atoms with van der Waals surface area (Å²) in [6, 6.07) is 20.1. The molecular formula is C20H16ClN3O2. The summed E-state index contributed by atoms with van der Waals surface area (Å²) < 4.78 is 5.42. The molecule has 1 N–H and O–H groups in total. The zero-order valence-electron chi connectivity index (χ0n) is 13.8. The van der Waals surface area contributed by atoms with Crippen molar-refractivity contribution in [3.05, 3.63) is 95.3 Å². The minimum Gasteiger partial charge on any atom is -0.484 e. The number of halogens is 1. The first-order valence-electron chi connectivity index (χ1n) is 7.93. The van der Waals surface area contributed by atoms with E-state index in [4.69, 9.17) is 16.3 Å². The second kappa shape index (κ2) is 8.78. The molecule has 0 saturated carbocycles. The van der Waals surface area contributed by atoms with Crippen LogP contribution in [0, 0.1) is 0 Å². The molecule has 0 fully saturated rings. The van der Waals surface area contributed by atoms with E-state index in [2.05, 4.69) is 15.5 Å². The van der Waals surface area contributed by atoms with Crippen LogP contribution in [-0.2, 0) is 4.79 Å². The molecule has 1 aromatic heterocycles. The lowest BCUT2D eigenvalue weighted by Gasteiger charge is -2.08. The molecule has 1 heterocycles. The number of carbonyl (C=O) groups excluding carboxylic acids is 1. The Balaban J connectivity index is 1.70. The van der Waals surface area contributed by atoms with Crippen LogP contribution in [-0.4, -0.2) is 23.2 Å². The topological polar surface area (TPSA) is 63.6 Å². The molecule has 2 aromatic carbocycles. The number of pyridine rings is 1. The second-order valence-corrected chi connectivity index (χ2v) is 5.78. The minimum atomic E-state index is -0.359. The Hall–Kier alpha value is -3.18. The highest BCUT2D eigenvalue weighted by Gasteiger charge is 2.08. The van der Waals surface area contributed by atoms with Gasteiger partial charge in [0.2, 0.25) is 0 Å². The van der Waals surface area contributed by atoms with E-state index in [1.165, 1.54) is 0 Å². The molecule has 26 heavy (non-hydrogen) atoms. The third-order valence-electron chi connectivity index (χ3n) is 3.48. The maximum atomic E-state index is 12.1. The van der Waals surface area contributed by atoms with E-state index in [0.29, 0.717) is 16.5 Å². The molecule has 0 saturated heterocycles. The van der Waals surface area contributed by atoms with Gasteiger partial charge in [-0.2, -0.15) is 5.10 Å². The van der Waals surface area contributed by atoms with Gasteiger partial charge < -0.3 is 4.74 Å². The lowest BCUT2D eigenvalue weighted by atomic mass is 10.0. The van der Waals surface area contributed by atoms with Gasteiger partial charge in [-0.1, -0.05) is 41.9 Å². The van der Waals surface area contributed by atoms with Gasteiger partial charge in [-0.15, -0.1) is 0 Å². The molecule has 0 aliphatic rings. The normalized spacial score (nSPS) is 11.0. The van der Waals surface area contributed by atoms with E-state index in [1.54, 1.807) is 36.7 Å². The molecule has 3 rings (SSSR count). The van der Waals surface area contributed by atoms with Gasteiger partial charge in [0.25, 0.3) is 5.91 Å². The molecule has 0 spiro atoms. The van der Waals surface area contributed by atoms with Crippen LogP contribution in [0.15, 0.2) is 84.2 Å². The number of aromatic nitrogens is 1. The monoisotopic (exact) mass is 365 g/mol. The van der Waals surface area contributed by atoms with E-state index in [9.17, 15) is 4.79 Å². The van der Waals surface area contributed by atoms with E-state index in [0.717, 1.165) is 11.1 Å². The molecule has 0 radical (unpaired) electrons. The number of hydrogen-bond donors (Lipinski definition) is 1. The summed E-state index contributed by atoms with van der Waals surface area (Å²) in [5.41, 5.74) is 4.92. The van der Waals surface area contributed by atoms with Gasteiger partial charge in [-0.25, -0.2) is 5.43 Å². The van der Waals surface area contributed by atoms with Crippen LogP contribution in [0.3, 0.4) is 0 Å². The number of nitrogens with zero attached hydrogens (tertiary/aromatic N) is 2. The van der Waals surface area contributed by atoms with Crippen molar-refractivity contribution in [2.75, 3.05) is 6.61 Å². The summed E-state index contributed by atoms with van der Waals surface area (Å²) in [4.78, 5) is 16.1. The number of ether oxygens (including phenoxy) is 1. The Kier molecular flexibility index (Phi) is 5.96. The number of hydrogen-bond acceptors (Lipinski definition) is 4. The van der Waals surface area contributed by atoms with Crippen LogP contribution in [0.25, 0.3) is 0 Å². The number of carbonyl (C=O) groups is 1. The first-order chi connectivity index (χ1) is 12.7. The average molecular weight is 366 g/mol. The molecule has 3 aromatic rings. The number of benzene rings is 2. The number of amides is 1. The van der Waals surface area contributed by atoms with Crippen LogP contribution in [0.2, 0.25) is 5.02 Å². The minimum absolute atomic E-state index is 0.149. The summed E-state index contributed by atoms with van der Waals surface area (Å²) in [5, 5.41) is 4.89. The largest absolute Gasteiger partial charge is 0.484 e. The number of rotatable bonds is 6. The van der Waals surface area contributed by atoms with Crippen molar-refractivity contribution in [2.45, 2.75) is 0 Å². The molecule has 6 heteroatoms. The highest BCUT2D eigenvalue weighted by molar-refractivity contribution is 6.30. The predicted octanol–water partition coefficient (Wildman–Crippen LogP) is 3.68. The van der Waals surface area contributed by atoms with E-state index in [-0.39, 0.29) is 12.5 Å². The molecular weight excluding hydrogens is 350 g/mol. The Morgan fingerprint density at radius 1 is 0.962 bits per heavy atom. The zero-order valence-corrected chi connectivity index (χ0v) is 14.6. The quantitative estimate of drug-likeness (QED) is 0.535. The lowest BCUT2D eigenvalue weighted by Crippen LogP contribution is -2.26. The van der Waals surface area contributed by atoms with Crippen LogP contribution in [0.1, 0.15) is 11.1 Å². The Morgan fingerprint density at radius 2 is 1.62 bits per heavy atom. The molecule has 0 aliphatic carbocycles. The third kappa shape index (κ3) is 4.91. The Labute approximate surface area is 156 Å². The van der Waals surface area contributed by atoms with Crippen molar-refractivity contribution in [3.63, 3.8) is 0 Å². The molecule has 0 aliphatic heterocycles. The van der Waals surface area contributed by atoms with Gasteiger partial charge in [0.05, 0.1) is 5.71 Å². The van der Waals surface area contributed by atoms with Crippen molar-refractivity contribution < 1.29 is 9.53 Å². The summed E-state index contributed by atoms with van der Waals surface area (Å²) >= 11 is 5.82. The molecule has 0 bridgehead atoms. The van der Waals surface area contributed by atoms with Gasteiger partial charge in [-0.3, -0.25) is 9.78 Å². The Bertz CT molecular complexity index is 840. The SMILES string of the molecule is O=C(COc1ccc(Cl)cc1)N/N=C(\c1ccccc1)c1ccncc1. The molecule has 5 nitrogen and oxygen atoms in total. The zero-order chi connectivity index (χ0) is 18.2. The van der Waals surface area contributed by atoms with Gasteiger partial charge >= 0.3 is 0 Å². The standard InChI is InChI=1S/C20H16ClN3O2/c21-17-6-8-18(9-7-17)26-14-19(25)23-24-20(15-4-2-1-3-5-15)16-10-12-22-13-11-16/h1-13H,14H2,(H,23,25)/b24-20+. The molecule has 0 atom stereocenters. The fraction of sp³-hybridized carbons (Fsp3) is 0.0500. The van der Waals surface area contributed by atoms with Crippen LogP contribution >= 0.6 is 11.6 Å². The van der Waals surface area contributed by atoms with Crippen molar-refractivity contribution in [3.8, 4) is 5.75 Å². The number of hydrazone groups is 1. The predicted molar refractivity (Wildman–Crippen MR) is 101 cm³/mol. The Morgan fingerprint density at radius 3 is 2.31 bits per heavy atom. The average Bonchev–Trinajstić information content (AvgIpc) is 2.69. The molecule has 1 amide bonds. The van der Waals surface area contributed by atoms with Gasteiger partial charge in [0.1, 0.15) is 5.75 Å². The van der Waals surface area contributed by atoms with Crippen molar-refractivity contribution in [1.82, 2.24) is 10.4 Å². The van der Waals surface area contributed by atoms with E-state index in [1.807, 2.05) is 42.5 Å². The smallest absolute Gasteiger partial charge is 0.277 e. The first-order valence-corrected chi connectivity index (χ1v) is 8.31. The second-order valence-electron chi connectivity index (χ2n) is 5.34. The summed E-state index contributed by atoms with van der Waals surface area (Å²) in [7, 11) is 0. The molecule has 130 valence electrons. The summed E-state index contributed by atoms with van der Waals surface area (Å²) in [5.74, 6) is 0.202. The fourth-order valence-electron chi connectivity index (χ4n) is 2.23. The summed E-state index contributed by atoms with van der Waals surface area (Å²) in [6.07, 6.45) is 3.36. The van der Waals surface area contributed by atoms with Crippen LogP contribution < -0.4 is 10.2 Å². The van der Waals surface area contributed by atoms with Gasteiger partial charge in [0.15, 0.2) is 6.61 Å². The highest BCUT2D eigenvalue weighted by atomic mass is 35.5. The van der Waals surface area contributed by atoms with E-state index < -0.39 is 0 Å². The van der Waals surface area contributed by atoms with Crippen LogP contribution in [0.4, 0.5) is 0 Å². The maximum Gasteiger partial charge on any atom is 0.277 e. The van der Waals surface area contributed by atoms with E-state index >= 15 is 0 Å². The highest BCUT2D eigenvalue weighted by Crippen LogP contribution is 2.15. The van der Waals surface area contributed by atoms with Crippen molar-refractivity contribution in [1.29, 1.82) is 0 Å². The lowest BCUT2D eigenvalue weighted by molar-refractivity contribution is -0.123. The molecule has 0 unspecified atom stereocenters. The van der Waals surface area contributed by atoms with Crippen molar-refractivity contribution in [2.24, 2.45) is 5.10 Å². The van der Waals surface area contributed by atoms with Gasteiger partial charge in [0, 0.05) is 28.5 Å². The summed E-state index contributed by atoms with van der Waals surface area (Å²) in [6.45, 7) is -0.149. The third-order valence-corrected chi connectivity index (χ3v) is 3.73. The van der Waals surface area contributed by atoms with Crippen molar-refractivity contribution >= 4 is 23.2 Å². The van der Waals surface area contributed by atoms with Crippen LogP contribution in [0.5, 0.6) is 5.75 Å². The first kappa shape index (κ1) is 17.6. The van der Waals surface area contributed by atoms with Gasteiger partial charge in [-0.05, 0) is 36.4 Å². The fourth-order valence-corrected chi connectivity index (χ4v) is 2.36.